The molecule has 0 heterocycles. The monoisotopic (exact) mass is 341 g/mol. The molecular weight excluding hydrogens is 330 g/mol. The average molecular weight is 342 g/mol. The summed E-state index contributed by atoms with van der Waals surface area (Å²) in [7, 11) is 0. The highest BCUT2D eigenvalue weighted by Gasteiger charge is 2.14. The van der Waals surface area contributed by atoms with Gasteiger partial charge in [0.25, 0.3) is 11.6 Å². The molecule has 0 saturated heterocycles. The minimum absolute atomic E-state index is 0.0141. The Hall–Kier alpha value is -3.17. The summed E-state index contributed by atoms with van der Waals surface area (Å²) >= 11 is 5.74. The highest BCUT2D eigenvalue weighted by Crippen LogP contribution is 2.26. The Morgan fingerprint density at radius 2 is 1.96 bits per heavy atom. The lowest BCUT2D eigenvalue weighted by Crippen LogP contribution is -2.13. The van der Waals surface area contributed by atoms with E-state index in [4.69, 9.17) is 11.6 Å². The minimum Gasteiger partial charge on any atom is -0.321 e. The van der Waals surface area contributed by atoms with Crippen molar-refractivity contribution in [2.45, 2.75) is 6.92 Å². The summed E-state index contributed by atoms with van der Waals surface area (Å²) in [6.45, 7) is 1.92. The smallest absolute Gasteiger partial charge is 0.288 e. The van der Waals surface area contributed by atoms with Crippen molar-refractivity contribution < 1.29 is 9.72 Å². The second kappa shape index (κ2) is 7.40. The minimum atomic E-state index is -0.627. The maximum absolute atomic E-state index is 12.2. The molecule has 0 aliphatic rings. The first-order valence-corrected chi connectivity index (χ1v) is 7.22. The van der Waals surface area contributed by atoms with Crippen LogP contribution in [-0.2, 0) is 4.79 Å². The van der Waals surface area contributed by atoms with Crippen LogP contribution in [0.25, 0.3) is 6.08 Å². The number of hydrogen-bond acceptors (Lipinski definition) is 4. The summed E-state index contributed by atoms with van der Waals surface area (Å²) < 4.78 is 0. The van der Waals surface area contributed by atoms with Gasteiger partial charge in [0.1, 0.15) is 16.7 Å². The Morgan fingerprint density at radius 3 is 2.54 bits per heavy atom. The van der Waals surface area contributed by atoms with Gasteiger partial charge in [-0.3, -0.25) is 14.9 Å². The maximum Gasteiger partial charge on any atom is 0.288 e. The van der Waals surface area contributed by atoms with Crippen molar-refractivity contribution in [2.24, 2.45) is 0 Å². The predicted molar refractivity (Wildman–Crippen MR) is 91.5 cm³/mol. The van der Waals surface area contributed by atoms with Crippen LogP contribution in [0.5, 0.6) is 0 Å². The molecule has 0 fully saturated rings. The summed E-state index contributed by atoms with van der Waals surface area (Å²) in [6.07, 6.45) is 1.27. The second-order valence-electron chi connectivity index (χ2n) is 4.96. The Kier molecular flexibility index (Phi) is 5.30. The Labute approximate surface area is 143 Å². The number of nitro groups is 1. The molecule has 0 unspecified atom stereocenters. The van der Waals surface area contributed by atoms with Gasteiger partial charge in [-0.05, 0) is 36.8 Å². The van der Waals surface area contributed by atoms with Crippen molar-refractivity contribution in [3.8, 4) is 6.07 Å². The Balaban J connectivity index is 2.27. The quantitative estimate of drug-likeness (QED) is 0.392. The molecule has 120 valence electrons. The van der Waals surface area contributed by atoms with Gasteiger partial charge >= 0.3 is 0 Å². The number of nitrogens with one attached hydrogen (secondary N) is 1. The number of nitro benzene ring substituents is 1. The van der Waals surface area contributed by atoms with Crippen LogP contribution in [0.2, 0.25) is 5.02 Å². The molecule has 0 aliphatic heterocycles. The Bertz CT molecular complexity index is 868. The number of hydrogen-bond donors (Lipinski definition) is 1. The van der Waals surface area contributed by atoms with Crippen molar-refractivity contribution in [3.05, 3.63) is 74.3 Å². The number of anilines is 1. The third kappa shape index (κ3) is 4.18. The number of benzene rings is 2. The zero-order valence-electron chi connectivity index (χ0n) is 12.6. The lowest BCUT2D eigenvalue weighted by molar-refractivity contribution is -0.384. The number of nitrogens with zero attached hydrogens (tertiary/aromatic N) is 2. The zero-order chi connectivity index (χ0) is 17.7. The highest BCUT2D eigenvalue weighted by atomic mass is 35.5. The van der Waals surface area contributed by atoms with E-state index in [1.165, 1.54) is 24.3 Å². The molecule has 1 amide bonds. The summed E-state index contributed by atoms with van der Waals surface area (Å²) in [5.41, 5.74) is 1.46. The van der Waals surface area contributed by atoms with E-state index in [2.05, 4.69) is 5.32 Å². The summed E-state index contributed by atoms with van der Waals surface area (Å²) in [4.78, 5) is 22.4. The lowest BCUT2D eigenvalue weighted by atomic mass is 10.1. The fraction of sp³-hybridized carbons (Fsp3) is 0.0588. The van der Waals surface area contributed by atoms with Crippen LogP contribution in [-0.4, -0.2) is 10.8 Å². The van der Waals surface area contributed by atoms with Crippen LogP contribution < -0.4 is 5.32 Å². The third-order valence-electron chi connectivity index (χ3n) is 3.15. The highest BCUT2D eigenvalue weighted by molar-refractivity contribution is 6.32. The van der Waals surface area contributed by atoms with E-state index in [-0.39, 0.29) is 16.3 Å². The first-order valence-electron chi connectivity index (χ1n) is 6.84. The van der Waals surface area contributed by atoms with Crippen LogP contribution in [0.3, 0.4) is 0 Å². The second-order valence-corrected chi connectivity index (χ2v) is 5.37. The van der Waals surface area contributed by atoms with Gasteiger partial charge in [0, 0.05) is 11.8 Å². The molecule has 2 rings (SSSR count). The number of rotatable bonds is 4. The number of carbonyl (C=O) groups is 1. The van der Waals surface area contributed by atoms with Crippen LogP contribution in [0.1, 0.15) is 11.1 Å². The molecule has 0 spiro atoms. The van der Waals surface area contributed by atoms with Gasteiger partial charge in [0.05, 0.1) is 4.92 Å². The molecule has 0 aromatic heterocycles. The zero-order valence-corrected chi connectivity index (χ0v) is 13.4. The molecule has 24 heavy (non-hydrogen) atoms. The average Bonchev–Trinajstić information content (AvgIpc) is 2.55. The van der Waals surface area contributed by atoms with Gasteiger partial charge in [-0.15, -0.1) is 0 Å². The van der Waals surface area contributed by atoms with Crippen LogP contribution in [0, 0.1) is 28.4 Å². The molecule has 1 N–H and O–H groups in total. The topological polar surface area (TPSA) is 96.0 Å². The van der Waals surface area contributed by atoms with Crippen molar-refractivity contribution in [3.63, 3.8) is 0 Å². The van der Waals surface area contributed by atoms with Gasteiger partial charge in [0.15, 0.2) is 0 Å². The fourth-order valence-corrected chi connectivity index (χ4v) is 2.10. The normalized spacial score (nSPS) is 10.8. The SMILES string of the molecule is Cc1ccc(NC(=O)/C(C#N)=C/c2ccc(Cl)c([N+](=O)[O-])c2)cc1. The number of nitriles is 1. The molecule has 2 aromatic rings. The van der Waals surface area contributed by atoms with E-state index in [1.54, 1.807) is 18.2 Å². The van der Waals surface area contributed by atoms with Gasteiger partial charge in [-0.2, -0.15) is 5.26 Å². The number of carbonyl (C=O) groups excluding carboxylic acids is 1. The molecular formula is C17H12ClN3O3. The van der Waals surface area contributed by atoms with E-state index in [0.29, 0.717) is 11.3 Å². The van der Waals surface area contributed by atoms with Crippen molar-refractivity contribution in [2.75, 3.05) is 5.32 Å². The number of amides is 1. The van der Waals surface area contributed by atoms with E-state index in [0.717, 1.165) is 5.56 Å². The van der Waals surface area contributed by atoms with Crippen LogP contribution in [0.4, 0.5) is 11.4 Å². The maximum atomic E-state index is 12.2. The largest absolute Gasteiger partial charge is 0.321 e. The number of halogens is 1. The van der Waals surface area contributed by atoms with Crippen molar-refractivity contribution in [1.82, 2.24) is 0 Å². The molecule has 2 aromatic carbocycles. The third-order valence-corrected chi connectivity index (χ3v) is 3.47. The lowest BCUT2D eigenvalue weighted by Gasteiger charge is -2.05. The van der Waals surface area contributed by atoms with Crippen molar-refractivity contribution in [1.29, 1.82) is 5.26 Å². The Morgan fingerprint density at radius 1 is 1.29 bits per heavy atom. The fourth-order valence-electron chi connectivity index (χ4n) is 1.91. The summed E-state index contributed by atoms with van der Waals surface area (Å²) in [6, 6.07) is 12.9. The molecule has 0 radical (unpaired) electrons. The van der Waals surface area contributed by atoms with Gasteiger partial charge in [-0.1, -0.05) is 35.4 Å². The first-order chi connectivity index (χ1) is 11.4. The first kappa shape index (κ1) is 17.2. The van der Waals surface area contributed by atoms with E-state index < -0.39 is 10.8 Å². The molecule has 0 atom stereocenters. The molecule has 7 heteroatoms. The van der Waals surface area contributed by atoms with E-state index in [1.807, 2.05) is 19.1 Å². The molecule has 0 bridgehead atoms. The standard InChI is InChI=1S/C17H12ClN3O3/c1-11-2-5-14(6-3-11)20-17(22)13(10-19)8-12-4-7-15(18)16(9-12)21(23)24/h2-9H,1H3,(H,20,22)/b13-8+. The van der Waals surface area contributed by atoms with E-state index in [9.17, 15) is 20.2 Å². The number of aryl methyl sites for hydroxylation is 1. The summed E-state index contributed by atoms with van der Waals surface area (Å²) in [5.74, 6) is -0.598. The van der Waals surface area contributed by atoms with Crippen LogP contribution >= 0.6 is 11.6 Å². The van der Waals surface area contributed by atoms with E-state index >= 15 is 0 Å². The van der Waals surface area contributed by atoms with Crippen LogP contribution in [0.15, 0.2) is 48.0 Å². The van der Waals surface area contributed by atoms with Gasteiger partial charge in [-0.25, -0.2) is 0 Å². The predicted octanol–water partition coefficient (Wildman–Crippen LogP) is 4.10. The molecule has 0 aliphatic carbocycles. The molecule has 6 nitrogen and oxygen atoms in total. The molecule has 0 saturated carbocycles. The van der Waals surface area contributed by atoms with Gasteiger partial charge < -0.3 is 5.32 Å². The van der Waals surface area contributed by atoms with Crippen molar-refractivity contribution >= 4 is 35.0 Å². The van der Waals surface area contributed by atoms with Gasteiger partial charge in [0.2, 0.25) is 0 Å². The summed E-state index contributed by atoms with van der Waals surface area (Å²) in [5, 5.41) is 22.6.